The van der Waals surface area contributed by atoms with E-state index in [4.69, 9.17) is 9.84 Å². The maximum atomic E-state index is 13.4. The molecule has 0 spiro atoms. The molecule has 0 saturated carbocycles. The smallest absolute Gasteiger partial charge is 0.173 e. The third kappa shape index (κ3) is 2.01. The van der Waals surface area contributed by atoms with E-state index in [9.17, 15) is 4.39 Å². The van der Waals surface area contributed by atoms with Gasteiger partial charge < -0.3 is 9.84 Å². The lowest BCUT2D eigenvalue weighted by atomic mass is 10.2. The average molecular weight is 247 g/mol. The van der Waals surface area contributed by atoms with E-state index in [2.05, 4.69) is 15.9 Å². The molecule has 70 valence electrons. The third-order valence-electron chi connectivity index (χ3n) is 1.55. The molecule has 0 heterocycles. The number of aliphatic hydroxyl groups is 1. The predicted octanol–water partition coefficient (Wildman–Crippen LogP) is 3.13. The molecule has 0 unspecified atom stereocenters. The lowest BCUT2D eigenvalue weighted by Gasteiger charge is -2.05. The molecule has 1 N–H and O–H groups in total. The number of halogens is 2. The SMILES string of the molecule is COc1ccc(Br)c(/C=C/O)c1F. The van der Waals surface area contributed by atoms with Gasteiger partial charge in [0.05, 0.1) is 13.4 Å². The summed E-state index contributed by atoms with van der Waals surface area (Å²) in [7, 11) is 1.39. The number of rotatable bonds is 2. The molecular formula is C9H8BrFO2. The fourth-order valence-electron chi connectivity index (χ4n) is 0.934. The molecule has 1 aromatic rings. The Morgan fingerprint density at radius 2 is 2.23 bits per heavy atom. The van der Waals surface area contributed by atoms with E-state index in [1.807, 2.05) is 0 Å². The van der Waals surface area contributed by atoms with Crippen LogP contribution < -0.4 is 4.74 Å². The van der Waals surface area contributed by atoms with Crippen molar-refractivity contribution in [1.82, 2.24) is 0 Å². The molecule has 0 aromatic heterocycles. The highest BCUT2D eigenvalue weighted by Gasteiger charge is 2.09. The summed E-state index contributed by atoms with van der Waals surface area (Å²) in [5.41, 5.74) is 0.266. The predicted molar refractivity (Wildman–Crippen MR) is 52.3 cm³/mol. The number of benzene rings is 1. The van der Waals surface area contributed by atoms with E-state index in [0.717, 1.165) is 6.26 Å². The Bertz CT molecular complexity index is 337. The van der Waals surface area contributed by atoms with Crippen molar-refractivity contribution in [3.8, 4) is 5.75 Å². The monoisotopic (exact) mass is 246 g/mol. The molecule has 1 rings (SSSR count). The van der Waals surface area contributed by atoms with Crippen molar-refractivity contribution in [1.29, 1.82) is 0 Å². The van der Waals surface area contributed by atoms with Crippen LogP contribution in [0.3, 0.4) is 0 Å². The summed E-state index contributed by atoms with van der Waals surface area (Å²) in [6.07, 6.45) is 2.03. The summed E-state index contributed by atoms with van der Waals surface area (Å²) < 4.78 is 18.7. The topological polar surface area (TPSA) is 29.5 Å². The number of aliphatic hydroxyl groups excluding tert-OH is 1. The Kier molecular flexibility index (Phi) is 3.31. The van der Waals surface area contributed by atoms with Crippen LogP contribution in [0.2, 0.25) is 0 Å². The molecule has 0 aliphatic heterocycles. The molecule has 13 heavy (non-hydrogen) atoms. The minimum absolute atomic E-state index is 0.149. The summed E-state index contributed by atoms with van der Waals surface area (Å²) in [6.45, 7) is 0. The first kappa shape index (κ1) is 10.1. The molecule has 0 saturated heterocycles. The molecule has 0 bridgehead atoms. The molecule has 0 aliphatic carbocycles. The highest BCUT2D eigenvalue weighted by Crippen LogP contribution is 2.28. The second kappa shape index (κ2) is 4.28. The average Bonchev–Trinajstić information content (AvgIpc) is 2.12. The van der Waals surface area contributed by atoms with Crippen LogP contribution in [0.5, 0.6) is 5.75 Å². The van der Waals surface area contributed by atoms with Crippen molar-refractivity contribution in [3.05, 3.63) is 34.2 Å². The van der Waals surface area contributed by atoms with E-state index in [0.29, 0.717) is 4.47 Å². The zero-order valence-corrected chi connectivity index (χ0v) is 8.51. The van der Waals surface area contributed by atoms with Crippen LogP contribution in [0.25, 0.3) is 6.08 Å². The summed E-state index contributed by atoms with van der Waals surface area (Å²) >= 11 is 3.15. The van der Waals surface area contributed by atoms with Crippen LogP contribution in [-0.4, -0.2) is 12.2 Å². The zero-order valence-electron chi connectivity index (χ0n) is 6.92. The van der Waals surface area contributed by atoms with Crippen molar-refractivity contribution in [2.24, 2.45) is 0 Å². The number of ether oxygens (including phenoxy) is 1. The quantitative estimate of drug-likeness (QED) is 0.813. The molecular weight excluding hydrogens is 239 g/mol. The van der Waals surface area contributed by atoms with Crippen molar-refractivity contribution in [3.63, 3.8) is 0 Å². The Morgan fingerprint density at radius 3 is 2.77 bits per heavy atom. The Labute approximate surface area is 83.8 Å². The summed E-state index contributed by atoms with van der Waals surface area (Å²) in [6, 6.07) is 3.16. The summed E-state index contributed by atoms with van der Waals surface area (Å²) in [4.78, 5) is 0. The second-order valence-corrected chi connectivity index (χ2v) is 3.15. The lowest BCUT2D eigenvalue weighted by molar-refractivity contribution is 0.386. The van der Waals surface area contributed by atoms with Crippen LogP contribution in [0.1, 0.15) is 5.56 Å². The molecule has 4 heteroatoms. The van der Waals surface area contributed by atoms with E-state index >= 15 is 0 Å². The largest absolute Gasteiger partial charge is 0.516 e. The fourth-order valence-corrected chi connectivity index (χ4v) is 1.37. The first-order chi connectivity index (χ1) is 6.20. The Balaban J connectivity index is 3.29. The molecule has 0 fully saturated rings. The Hall–Kier alpha value is -1.03. The number of methoxy groups -OCH3 is 1. The van der Waals surface area contributed by atoms with Crippen molar-refractivity contribution < 1.29 is 14.2 Å². The molecule has 0 atom stereocenters. The van der Waals surface area contributed by atoms with Crippen LogP contribution in [-0.2, 0) is 0 Å². The molecule has 1 aromatic carbocycles. The number of hydrogen-bond acceptors (Lipinski definition) is 2. The highest BCUT2D eigenvalue weighted by atomic mass is 79.9. The van der Waals surface area contributed by atoms with E-state index in [1.54, 1.807) is 6.07 Å². The van der Waals surface area contributed by atoms with Gasteiger partial charge in [-0.15, -0.1) is 0 Å². The standard InChI is InChI=1S/C9H8BrFO2/c1-13-8-3-2-7(10)6(4-5-12)9(8)11/h2-5,12H,1H3/b5-4+. The fraction of sp³-hybridized carbons (Fsp3) is 0.111. The third-order valence-corrected chi connectivity index (χ3v) is 2.24. The van der Waals surface area contributed by atoms with Crippen LogP contribution in [0, 0.1) is 5.82 Å². The minimum Gasteiger partial charge on any atom is -0.516 e. The van der Waals surface area contributed by atoms with Gasteiger partial charge in [-0.2, -0.15) is 0 Å². The molecule has 0 radical (unpaired) electrons. The van der Waals surface area contributed by atoms with Crippen LogP contribution in [0.15, 0.2) is 22.9 Å². The van der Waals surface area contributed by atoms with Gasteiger partial charge in [-0.05, 0) is 18.2 Å². The first-order valence-electron chi connectivity index (χ1n) is 3.53. The van der Waals surface area contributed by atoms with E-state index in [1.165, 1.54) is 19.3 Å². The maximum Gasteiger partial charge on any atom is 0.173 e. The van der Waals surface area contributed by atoms with Gasteiger partial charge in [0.2, 0.25) is 0 Å². The minimum atomic E-state index is -0.498. The molecule has 0 amide bonds. The van der Waals surface area contributed by atoms with E-state index in [-0.39, 0.29) is 11.3 Å². The maximum absolute atomic E-state index is 13.4. The van der Waals surface area contributed by atoms with Gasteiger partial charge in [0.25, 0.3) is 0 Å². The normalized spacial score (nSPS) is 10.7. The van der Waals surface area contributed by atoms with Gasteiger partial charge >= 0.3 is 0 Å². The lowest BCUT2D eigenvalue weighted by Crippen LogP contribution is -1.91. The van der Waals surface area contributed by atoms with Crippen molar-refractivity contribution in [2.75, 3.05) is 7.11 Å². The number of hydrogen-bond donors (Lipinski definition) is 1. The van der Waals surface area contributed by atoms with Crippen LogP contribution >= 0.6 is 15.9 Å². The highest BCUT2D eigenvalue weighted by molar-refractivity contribution is 9.10. The summed E-state index contributed by atoms with van der Waals surface area (Å²) in [5.74, 6) is -0.349. The van der Waals surface area contributed by atoms with Gasteiger partial charge in [0, 0.05) is 10.0 Å². The zero-order chi connectivity index (χ0) is 9.84. The molecule has 0 aliphatic rings. The van der Waals surface area contributed by atoms with Crippen LogP contribution in [0.4, 0.5) is 4.39 Å². The van der Waals surface area contributed by atoms with Crippen molar-refractivity contribution >= 4 is 22.0 Å². The second-order valence-electron chi connectivity index (χ2n) is 2.29. The molecule has 2 nitrogen and oxygen atoms in total. The van der Waals surface area contributed by atoms with Gasteiger partial charge in [-0.3, -0.25) is 0 Å². The Morgan fingerprint density at radius 1 is 1.54 bits per heavy atom. The van der Waals surface area contributed by atoms with Crippen molar-refractivity contribution in [2.45, 2.75) is 0 Å². The van der Waals surface area contributed by atoms with Gasteiger partial charge in [-0.25, -0.2) is 4.39 Å². The van der Waals surface area contributed by atoms with Gasteiger partial charge in [-0.1, -0.05) is 15.9 Å². The van der Waals surface area contributed by atoms with Gasteiger partial charge in [0.15, 0.2) is 11.6 Å². The van der Waals surface area contributed by atoms with Gasteiger partial charge in [0.1, 0.15) is 0 Å². The summed E-state index contributed by atoms with van der Waals surface area (Å²) in [5, 5.41) is 8.52. The first-order valence-corrected chi connectivity index (χ1v) is 4.32. The van der Waals surface area contributed by atoms with E-state index < -0.39 is 5.82 Å².